The van der Waals surface area contributed by atoms with Gasteiger partial charge in [0.2, 0.25) is 5.88 Å². The molecule has 1 amide bonds. The van der Waals surface area contributed by atoms with Gasteiger partial charge in [0.1, 0.15) is 23.8 Å². The topological polar surface area (TPSA) is 124 Å². The highest BCUT2D eigenvalue weighted by molar-refractivity contribution is 6.09. The molecule has 3 unspecified atom stereocenters. The molecule has 8 rings (SSSR count). The van der Waals surface area contributed by atoms with E-state index in [1.807, 2.05) is 18.2 Å². The molecular weight excluding hydrogens is 661 g/mol. The van der Waals surface area contributed by atoms with Crippen LogP contribution in [0.15, 0.2) is 85.3 Å². The van der Waals surface area contributed by atoms with E-state index in [2.05, 4.69) is 89.6 Å². The van der Waals surface area contributed by atoms with Crippen LogP contribution in [0.2, 0.25) is 0 Å². The molecule has 2 aromatic heterocycles. The van der Waals surface area contributed by atoms with Gasteiger partial charge in [-0.25, -0.2) is 15.0 Å². The van der Waals surface area contributed by atoms with E-state index < -0.39 is 6.10 Å². The summed E-state index contributed by atoms with van der Waals surface area (Å²) in [6, 6.07) is 20.2. The molecule has 2 aliphatic heterocycles. The van der Waals surface area contributed by atoms with Gasteiger partial charge in [-0.1, -0.05) is 73.1 Å². The van der Waals surface area contributed by atoms with E-state index in [-0.39, 0.29) is 35.6 Å². The summed E-state index contributed by atoms with van der Waals surface area (Å²) in [5.41, 5.74) is 9.73. The average Bonchev–Trinajstić information content (AvgIpc) is 4.02. The van der Waals surface area contributed by atoms with E-state index >= 15 is 0 Å². The summed E-state index contributed by atoms with van der Waals surface area (Å²) in [6.45, 7) is 7.20. The molecule has 3 atom stereocenters. The van der Waals surface area contributed by atoms with Gasteiger partial charge in [0, 0.05) is 18.5 Å². The van der Waals surface area contributed by atoms with Gasteiger partial charge in [-0.2, -0.15) is 5.26 Å². The zero-order valence-corrected chi connectivity index (χ0v) is 30.4. The van der Waals surface area contributed by atoms with Crippen LogP contribution >= 0.6 is 0 Å². The van der Waals surface area contributed by atoms with E-state index in [1.54, 1.807) is 24.5 Å². The molecule has 9 nitrogen and oxygen atoms in total. The summed E-state index contributed by atoms with van der Waals surface area (Å²) in [5, 5.41) is 13.0. The average molecular weight is 704 g/mol. The van der Waals surface area contributed by atoms with Crippen LogP contribution in [0, 0.1) is 29.6 Å². The lowest BCUT2D eigenvalue weighted by Gasteiger charge is -2.37. The number of amides is 1. The summed E-state index contributed by atoms with van der Waals surface area (Å²) in [5.74, 6) is 0.806. The first-order chi connectivity index (χ1) is 25.8. The van der Waals surface area contributed by atoms with Crippen molar-refractivity contribution in [1.82, 2.24) is 19.6 Å². The minimum absolute atomic E-state index is 0.00417. The molecule has 1 saturated carbocycles. The van der Waals surface area contributed by atoms with Crippen LogP contribution in [0.4, 0.5) is 5.82 Å². The number of rotatable bonds is 8. The van der Waals surface area contributed by atoms with Gasteiger partial charge in [0.15, 0.2) is 6.10 Å². The smallest absolute Gasteiger partial charge is 0.318 e. The fraction of sp³-hybridized carbons (Fsp3) is 0.341. The van der Waals surface area contributed by atoms with Crippen molar-refractivity contribution in [3.63, 3.8) is 0 Å². The third-order valence-electron chi connectivity index (χ3n) is 10.8. The maximum Gasteiger partial charge on any atom is 0.318 e. The lowest BCUT2D eigenvalue weighted by atomic mass is 9.76. The van der Waals surface area contributed by atoms with Crippen molar-refractivity contribution >= 4 is 29.2 Å². The Labute approximate surface area is 310 Å². The Balaban J connectivity index is 1.16. The number of benzene rings is 2. The first-order valence-electron chi connectivity index (χ1n) is 18.5. The van der Waals surface area contributed by atoms with E-state index in [0.717, 1.165) is 42.7 Å². The highest BCUT2D eigenvalue weighted by Crippen LogP contribution is 2.43. The van der Waals surface area contributed by atoms with E-state index in [1.165, 1.54) is 34.2 Å². The number of allylic oxidation sites excluding steroid dienone is 3. The Bertz CT molecular complexity index is 2240. The Morgan fingerprint density at radius 2 is 1.98 bits per heavy atom. The quantitative estimate of drug-likeness (QED) is 0.199. The summed E-state index contributed by atoms with van der Waals surface area (Å²) < 4.78 is 18.4. The lowest BCUT2D eigenvalue weighted by molar-refractivity contribution is -0.125. The largest absolute Gasteiger partial charge is 0.463 e. The van der Waals surface area contributed by atoms with Crippen LogP contribution in [0.5, 0.6) is 5.88 Å². The molecule has 4 heterocycles. The Kier molecular flexibility index (Phi) is 9.34. The van der Waals surface area contributed by atoms with Gasteiger partial charge < -0.3 is 14.8 Å². The van der Waals surface area contributed by atoms with Crippen LogP contribution in [-0.2, 0) is 22.4 Å². The molecule has 2 bridgehead atoms. The summed E-state index contributed by atoms with van der Waals surface area (Å²) in [7, 11) is 0. The number of carbonyl (C=O) groups is 1. The van der Waals surface area contributed by atoms with Crippen molar-refractivity contribution in [1.29, 1.82) is 5.26 Å². The fourth-order valence-corrected chi connectivity index (χ4v) is 7.92. The Morgan fingerprint density at radius 3 is 2.79 bits per heavy atom. The number of hydrogen-bond donors (Lipinski definition) is 1. The standard InChI is InChI=1S/C44H42N6O3/c1-27-29-10-8-14-31(27)33-12-4-5-13-34(33)38(52-25-44(2,3)22-29)21-39(42(51)50-40-16-6-7-19-46-40)53-43-35-24-47-37(20-36(35)48-26-49-43)41-30(23-45)11-9-15-32(41)28-17-18-28/h4-12,14-16,19,24,26,28,34,38-39H,13,17-18,20-22,25H2,1-3H3/p+1. The van der Waals surface area contributed by atoms with Gasteiger partial charge in [-0.15, -0.1) is 0 Å². The second-order valence-corrected chi connectivity index (χ2v) is 15.3. The predicted octanol–water partition coefficient (Wildman–Crippen LogP) is 6.86. The van der Waals surface area contributed by atoms with Gasteiger partial charge >= 0.3 is 11.9 Å². The van der Waals surface area contributed by atoms with Crippen LogP contribution in [-0.4, -0.2) is 51.6 Å². The number of fused-ring (bicyclic) bond motifs is 5. The first kappa shape index (κ1) is 34.4. The Hall–Kier alpha value is -5.68. The van der Waals surface area contributed by atoms with Crippen molar-refractivity contribution < 1.29 is 14.3 Å². The monoisotopic (exact) mass is 703 g/mol. The number of nitriles is 1. The molecule has 2 aliphatic carbocycles. The normalized spacial score (nSPS) is 20.5. The van der Waals surface area contributed by atoms with Gasteiger partial charge in [-0.3, -0.25) is 4.79 Å². The molecule has 4 aromatic rings. The van der Waals surface area contributed by atoms with E-state index in [4.69, 9.17) is 14.1 Å². The Morgan fingerprint density at radius 1 is 1.11 bits per heavy atom. The predicted molar refractivity (Wildman–Crippen MR) is 206 cm³/mol. The highest BCUT2D eigenvalue weighted by Gasteiger charge is 2.38. The summed E-state index contributed by atoms with van der Waals surface area (Å²) in [6.07, 6.45) is 14.5. The number of pyridine rings is 1. The number of aromatic nitrogens is 3. The SMILES string of the molecule is Cc1c2cccc1C1=CC=CCC1C(CC(Oc1ncnc3c1C=[N+]=C(c1c(C#N)cccc1C1CC1)C3)C(=O)Nc1ccccn1)OCC(C)(C)C2. The molecule has 0 saturated heterocycles. The molecule has 53 heavy (non-hydrogen) atoms. The minimum atomic E-state index is -0.980. The number of anilines is 1. The number of ether oxygens (including phenoxy) is 2. The molecule has 0 radical (unpaired) electrons. The zero-order chi connectivity index (χ0) is 36.5. The number of nitrogens with one attached hydrogen (secondary N) is 1. The van der Waals surface area contributed by atoms with Gasteiger partial charge in [0.25, 0.3) is 5.91 Å². The van der Waals surface area contributed by atoms with Crippen molar-refractivity contribution in [2.24, 2.45) is 11.3 Å². The van der Waals surface area contributed by atoms with Gasteiger partial charge in [-0.05, 0) is 90.0 Å². The van der Waals surface area contributed by atoms with Crippen molar-refractivity contribution in [3.8, 4) is 11.9 Å². The summed E-state index contributed by atoms with van der Waals surface area (Å²) in [4.78, 5) is 27.8. The van der Waals surface area contributed by atoms with Crippen LogP contribution in [0.1, 0.15) is 90.1 Å². The van der Waals surface area contributed by atoms with Crippen molar-refractivity contribution in [3.05, 3.63) is 130 Å². The number of carbonyl (C=O) groups excluding carboxylic acids is 1. The molecule has 0 spiro atoms. The molecule has 1 fully saturated rings. The molecule has 2 aromatic carbocycles. The fourth-order valence-electron chi connectivity index (χ4n) is 7.92. The lowest BCUT2D eigenvalue weighted by Crippen LogP contribution is -2.41. The number of hydrogen-bond acceptors (Lipinski definition) is 7. The first-order valence-corrected chi connectivity index (χ1v) is 18.5. The van der Waals surface area contributed by atoms with E-state index in [9.17, 15) is 10.1 Å². The second kappa shape index (κ2) is 14.4. The minimum Gasteiger partial charge on any atom is -0.463 e. The molecule has 266 valence electrons. The van der Waals surface area contributed by atoms with Crippen LogP contribution in [0.25, 0.3) is 5.57 Å². The van der Waals surface area contributed by atoms with Crippen molar-refractivity contribution in [2.45, 2.75) is 77.4 Å². The highest BCUT2D eigenvalue weighted by atomic mass is 16.5. The third-order valence-corrected chi connectivity index (χ3v) is 10.8. The van der Waals surface area contributed by atoms with Gasteiger partial charge in [0.05, 0.1) is 36.0 Å². The zero-order valence-electron chi connectivity index (χ0n) is 30.4. The van der Waals surface area contributed by atoms with E-state index in [0.29, 0.717) is 35.9 Å². The third kappa shape index (κ3) is 7.21. The number of nitrogens with zero attached hydrogens (tertiary/aromatic N) is 5. The van der Waals surface area contributed by atoms with Crippen LogP contribution < -0.4 is 14.7 Å². The maximum atomic E-state index is 14.3. The summed E-state index contributed by atoms with van der Waals surface area (Å²) >= 11 is 0. The molecule has 9 heteroatoms. The van der Waals surface area contributed by atoms with Crippen LogP contribution in [0.3, 0.4) is 0 Å². The maximum absolute atomic E-state index is 14.3. The van der Waals surface area contributed by atoms with Crippen molar-refractivity contribution in [2.75, 3.05) is 11.9 Å². The molecule has 4 aliphatic rings. The second-order valence-electron chi connectivity index (χ2n) is 15.3. The molecule has 1 N–H and O–H groups in total. The molecular formula is C44H43N6O3+.